The van der Waals surface area contributed by atoms with Crippen LogP contribution in [-0.4, -0.2) is 35.0 Å². The SMILES string of the molecule is C[C@@]1(C#N)C(=O)OC(CO)[C@H]1O. The summed E-state index contributed by atoms with van der Waals surface area (Å²) < 4.78 is 4.57. The van der Waals surface area contributed by atoms with E-state index >= 15 is 0 Å². The highest BCUT2D eigenvalue weighted by Gasteiger charge is 2.54. The minimum Gasteiger partial charge on any atom is -0.456 e. The second-order valence-corrected chi connectivity index (χ2v) is 2.89. The fourth-order valence-electron chi connectivity index (χ4n) is 1.07. The number of carbonyl (C=O) groups excluding carboxylic acids is 1. The van der Waals surface area contributed by atoms with Gasteiger partial charge < -0.3 is 14.9 Å². The van der Waals surface area contributed by atoms with Gasteiger partial charge in [0.15, 0.2) is 11.5 Å². The van der Waals surface area contributed by atoms with Crippen LogP contribution in [0.4, 0.5) is 0 Å². The van der Waals surface area contributed by atoms with Crippen LogP contribution in [0.25, 0.3) is 0 Å². The van der Waals surface area contributed by atoms with E-state index in [1.54, 1.807) is 6.07 Å². The van der Waals surface area contributed by atoms with Gasteiger partial charge in [-0.25, -0.2) is 0 Å². The summed E-state index contributed by atoms with van der Waals surface area (Å²) in [6.45, 7) is 0.819. The minimum atomic E-state index is -1.53. The van der Waals surface area contributed by atoms with Gasteiger partial charge in [-0.2, -0.15) is 5.26 Å². The fourth-order valence-corrected chi connectivity index (χ4v) is 1.07. The van der Waals surface area contributed by atoms with Crippen molar-refractivity contribution in [2.24, 2.45) is 5.41 Å². The van der Waals surface area contributed by atoms with Crippen LogP contribution in [0.3, 0.4) is 0 Å². The molecule has 0 spiro atoms. The number of aliphatic hydroxyl groups excluding tert-OH is 2. The molecule has 0 radical (unpaired) electrons. The van der Waals surface area contributed by atoms with Crippen molar-refractivity contribution >= 4 is 5.97 Å². The zero-order valence-corrected chi connectivity index (χ0v) is 6.52. The summed E-state index contributed by atoms with van der Waals surface area (Å²) >= 11 is 0. The number of carbonyl (C=O) groups is 1. The lowest BCUT2D eigenvalue weighted by Crippen LogP contribution is -2.36. The van der Waals surface area contributed by atoms with E-state index in [2.05, 4.69) is 4.74 Å². The largest absolute Gasteiger partial charge is 0.456 e. The Labute approximate surface area is 69.2 Å². The Bertz CT molecular complexity index is 246. The van der Waals surface area contributed by atoms with Gasteiger partial charge in [0.05, 0.1) is 12.7 Å². The molecule has 1 aliphatic rings. The summed E-state index contributed by atoms with van der Waals surface area (Å²) in [6, 6.07) is 1.67. The van der Waals surface area contributed by atoms with E-state index in [4.69, 9.17) is 10.4 Å². The first kappa shape index (κ1) is 8.97. The molecule has 0 aliphatic carbocycles. The number of nitrogens with zero attached hydrogens (tertiary/aromatic N) is 1. The monoisotopic (exact) mass is 171 g/mol. The first-order valence-corrected chi connectivity index (χ1v) is 3.47. The number of ether oxygens (including phenoxy) is 1. The summed E-state index contributed by atoms with van der Waals surface area (Å²) in [5.74, 6) is -0.781. The summed E-state index contributed by atoms with van der Waals surface area (Å²) in [6.07, 6.45) is -2.22. The Morgan fingerprint density at radius 2 is 2.42 bits per heavy atom. The van der Waals surface area contributed by atoms with Gasteiger partial charge >= 0.3 is 5.97 Å². The summed E-state index contributed by atoms with van der Waals surface area (Å²) in [4.78, 5) is 11.0. The quantitative estimate of drug-likeness (QED) is 0.483. The molecule has 5 heteroatoms. The molecule has 0 saturated carbocycles. The average molecular weight is 171 g/mol. The molecule has 66 valence electrons. The Morgan fingerprint density at radius 1 is 1.83 bits per heavy atom. The minimum absolute atomic E-state index is 0.468. The van der Waals surface area contributed by atoms with Gasteiger partial charge in [-0.3, -0.25) is 4.79 Å². The molecule has 0 bridgehead atoms. The molecule has 5 nitrogen and oxygen atoms in total. The van der Waals surface area contributed by atoms with E-state index in [-0.39, 0.29) is 0 Å². The number of cyclic esters (lactones) is 1. The zero-order chi connectivity index (χ0) is 9.35. The number of hydrogen-bond acceptors (Lipinski definition) is 5. The second kappa shape index (κ2) is 2.73. The van der Waals surface area contributed by atoms with Gasteiger partial charge in [0.2, 0.25) is 0 Å². The van der Waals surface area contributed by atoms with Crippen LogP contribution in [0.2, 0.25) is 0 Å². The molecule has 12 heavy (non-hydrogen) atoms. The third kappa shape index (κ3) is 0.967. The van der Waals surface area contributed by atoms with Crippen molar-refractivity contribution in [3.05, 3.63) is 0 Å². The summed E-state index contributed by atoms with van der Waals surface area (Å²) in [5, 5.41) is 26.6. The van der Waals surface area contributed by atoms with Crippen LogP contribution in [0.15, 0.2) is 0 Å². The number of rotatable bonds is 1. The van der Waals surface area contributed by atoms with Crippen LogP contribution in [0.1, 0.15) is 6.92 Å². The van der Waals surface area contributed by atoms with Gasteiger partial charge in [0.25, 0.3) is 0 Å². The topological polar surface area (TPSA) is 90.6 Å². The first-order valence-electron chi connectivity index (χ1n) is 3.47. The van der Waals surface area contributed by atoms with Gasteiger partial charge in [0.1, 0.15) is 6.10 Å². The van der Waals surface area contributed by atoms with Gasteiger partial charge in [-0.15, -0.1) is 0 Å². The molecular weight excluding hydrogens is 162 g/mol. The Hall–Kier alpha value is -1.12. The second-order valence-electron chi connectivity index (χ2n) is 2.89. The van der Waals surface area contributed by atoms with E-state index in [1.807, 2.05) is 0 Å². The van der Waals surface area contributed by atoms with E-state index in [9.17, 15) is 9.90 Å². The standard InChI is InChI=1S/C7H9NO4/c1-7(3-8)5(10)4(2-9)12-6(7)11/h4-5,9-10H,2H2,1H3/t4?,5-,7+/m1/s1. The molecule has 1 heterocycles. The highest BCUT2D eigenvalue weighted by atomic mass is 16.6. The lowest BCUT2D eigenvalue weighted by Gasteiger charge is -2.15. The number of esters is 1. The number of nitriles is 1. The molecular formula is C7H9NO4. The third-order valence-corrected chi connectivity index (χ3v) is 2.04. The van der Waals surface area contributed by atoms with Crippen molar-refractivity contribution < 1.29 is 19.7 Å². The molecule has 0 aromatic rings. The number of aliphatic hydroxyl groups is 2. The van der Waals surface area contributed by atoms with E-state index in [0.717, 1.165) is 0 Å². The van der Waals surface area contributed by atoms with E-state index < -0.39 is 30.2 Å². The zero-order valence-electron chi connectivity index (χ0n) is 6.52. The Kier molecular flexibility index (Phi) is 2.04. The third-order valence-electron chi connectivity index (χ3n) is 2.04. The Balaban J connectivity index is 2.93. The Morgan fingerprint density at radius 3 is 2.67 bits per heavy atom. The summed E-state index contributed by atoms with van der Waals surface area (Å²) in [5.41, 5.74) is -1.53. The lowest BCUT2D eigenvalue weighted by atomic mass is 9.86. The molecule has 1 rings (SSSR count). The molecule has 0 aromatic heterocycles. The predicted octanol–water partition coefficient (Wildman–Crippen LogP) is -1.21. The van der Waals surface area contributed by atoms with Crippen LogP contribution in [-0.2, 0) is 9.53 Å². The molecule has 1 unspecified atom stereocenters. The van der Waals surface area contributed by atoms with E-state index in [0.29, 0.717) is 0 Å². The van der Waals surface area contributed by atoms with Crippen molar-refractivity contribution in [3.8, 4) is 6.07 Å². The van der Waals surface area contributed by atoms with Crippen molar-refractivity contribution in [1.29, 1.82) is 5.26 Å². The molecule has 1 saturated heterocycles. The van der Waals surface area contributed by atoms with Crippen molar-refractivity contribution in [2.45, 2.75) is 19.1 Å². The molecule has 1 aliphatic heterocycles. The van der Waals surface area contributed by atoms with Crippen LogP contribution in [0.5, 0.6) is 0 Å². The van der Waals surface area contributed by atoms with E-state index in [1.165, 1.54) is 6.92 Å². The fraction of sp³-hybridized carbons (Fsp3) is 0.714. The number of hydrogen-bond donors (Lipinski definition) is 2. The van der Waals surface area contributed by atoms with Gasteiger partial charge in [0, 0.05) is 0 Å². The smallest absolute Gasteiger partial charge is 0.329 e. The summed E-state index contributed by atoms with van der Waals surface area (Å²) in [7, 11) is 0. The molecule has 0 aromatic carbocycles. The van der Waals surface area contributed by atoms with Crippen molar-refractivity contribution in [1.82, 2.24) is 0 Å². The maximum Gasteiger partial charge on any atom is 0.329 e. The van der Waals surface area contributed by atoms with Crippen molar-refractivity contribution in [3.63, 3.8) is 0 Å². The molecule has 0 amide bonds. The molecule has 3 atom stereocenters. The maximum atomic E-state index is 11.0. The van der Waals surface area contributed by atoms with Gasteiger partial charge in [-0.05, 0) is 6.92 Å². The van der Waals surface area contributed by atoms with Crippen LogP contribution < -0.4 is 0 Å². The average Bonchev–Trinajstić information content (AvgIpc) is 2.30. The highest BCUT2D eigenvalue weighted by molar-refractivity contribution is 5.82. The first-order chi connectivity index (χ1) is 5.56. The van der Waals surface area contributed by atoms with Crippen molar-refractivity contribution in [2.75, 3.05) is 6.61 Å². The van der Waals surface area contributed by atoms with Crippen LogP contribution in [0, 0.1) is 16.7 Å². The van der Waals surface area contributed by atoms with Crippen LogP contribution >= 0.6 is 0 Å². The molecule has 2 N–H and O–H groups in total. The molecule has 1 fully saturated rings. The predicted molar refractivity (Wildman–Crippen MR) is 36.7 cm³/mol. The highest BCUT2D eigenvalue weighted by Crippen LogP contribution is 2.32. The lowest BCUT2D eigenvalue weighted by molar-refractivity contribution is -0.147. The maximum absolute atomic E-state index is 11.0. The van der Waals surface area contributed by atoms with Gasteiger partial charge in [-0.1, -0.05) is 0 Å². The normalized spacial score (nSPS) is 40.7.